The first-order valence-corrected chi connectivity index (χ1v) is 8.96. The lowest BCUT2D eigenvalue weighted by Crippen LogP contribution is -2.34. The molecule has 7 heteroatoms. The van der Waals surface area contributed by atoms with Crippen LogP contribution in [-0.4, -0.2) is 33.7 Å². The highest BCUT2D eigenvalue weighted by molar-refractivity contribution is 7.90. The number of sulfone groups is 1. The fourth-order valence-electron chi connectivity index (χ4n) is 2.11. The van der Waals surface area contributed by atoms with E-state index in [-0.39, 0.29) is 10.5 Å². The summed E-state index contributed by atoms with van der Waals surface area (Å²) in [7, 11) is -2.09. The Balaban J connectivity index is 2.23. The van der Waals surface area contributed by atoms with Crippen molar-refractivity contribution in [2.75, 3.05) is 13.4 Å². The van der Waals surface area contributed by atoms with Crippen LogP contribution in [0.4, 0.5) is 0 Å². The van der Waals surface area contributed by atoms with Gasteiger partial charge in [-0.3, -0.25) is 4.79 Å². The monoisotopic (exact) mass is 347 g/mol. The molecule has 0 heterocycles. The van der Waals surface area contributed by atoms with Gasteiger partial charge in [0.25, 0.3) is 5.91 Å². The SMILES string of the molecule is COC(=O)[C@H](NC(=O)c1ccc(S(C)(=O)=O)cc1)c1ccccc1. The van der Waals surface area contributed by atoms with Crippen molar-refractivity contribution in [3.63, 3.8) is 0 Å². The van der Waals surface area contributed by atoms with Gasteiger partial charge in [-0.25, -0.2) is 13.2 Å². The number of hydrogen-bond acceptors (Lipinski definition) is 5. The van der Waals surface area contributed by atoms with Crippen molar-refractivity contribution in [2.45, 2.75) is 10.9 Å². The van der Waals surface area contributed by atoms with E-state index in [9.17, 15) is 18.0 Å². The summed E-state index contributed by atoms with van der Waals surface area (Å²) in [5, 5.41) is 2.60. The Hall–Kier alpha value is -2.67. The molecule has 0 unspecified atom stereocenters. The summed E-state index contributed by atoms with van der Waals surface area (Å²) in [5.74, 6) is -1.10. The summed E-state index contributed by atoms with van der Waals surface area (Å²) in [5.41, 5.74) is 0.831. The number of amides is 1. The lowest BCUT2D eigenvalue weighted by atomic mass is 10.1. The van der Waals surface area contributed by atoms with Crippen molar-refractivity contribution in [1.82, 2.24) is 5.32 Å². The summed E-state index contributed by atoms with van der Waals surface area (Å²) in [6.45, 7) is 0. The molecule has 2 aromatic rings. The minimum absolute atomic E-state index is 0.117. The van der Waals surface area contributed by atoms with Crippen LogP contribution in [-0.2, 0) is 19.4 Å². The Morgan fingerprint density at radius 1 is 1.00 bits per heavy atom. The second kappa shape index (κ2) is 7.27. The predicted octanol–water partition coefficient (Wildman–Crippen LogP) is 1.73. The molecule has 0 radical (unpaired) electrons. The maximum Gasteiger partial charge on any atom is 0.333 e. The molecule has 24 heavy (non-hydrogen) atoms. The van der Waals surface area contributed by atoms with E-state index in [4.69, 9.17) is 4.74 Å². The van der Waals surface area contributed by atoms with E-state index in [2.05, 4.69) is 5.32 Å². The van der Waals surface area contributed by atoms with E-state index in [0.29, 0.717) is 5.56 Å². The summed E-state index contributed by atoms with van der Waals surface area (Å²) in [6, 6.07) is 13.2. The van der Waals surface area contributed by atoms with E-state index in [1.807, 2.05) is 0 Å². The largest absolute Gasteiger partial charge is 0.467 e. The summed E-state index contributed by atoms with van der Waals surface area (Å²) >= 11 is 0. The Labute approximate surface area is 140 Å². The number of hydrogen-bond donors (Lipinski definition) is 1. The number of carbonyl (C=O) groups is 2. The lowest BCUT2D eigenvalue weighted by molar-refractivity contribution is -0.143. The maximum atomic E-state index is 12.3. The van der Waals surface area contributed by atoms with Crippen molar-refractivity contribution in [1.29, 1.82) is 0 Å². The molecule has 0 bridgehead atoms. The molecule has 0 aliphatic carbocycles. The van der Waals surface area contributed by atoms with Gasteiger partial charge in [0.05, 0.1) is 12.0 Å². The van der Waals surface area contributed by atoms with Gasteiger partial charge in [0.15, 0.2) is 15.9 Å². The predicted molar refractivity (Wildman–Crippen MR) is 88.2 cm³/mol. The van der Waals surface area contributed by atoms with Crippen molar-refractivity contribution < 1.29 is 22.7 Å². The second-order valence-corrected chi connectivity index (χ2v) is 7.15. The van der Waals surface area contributed by atoms with E-state index < -0.39 is 27.8 Å². The first kappa shape index (κ1) is 17.7. The molecule has 6 nitrogen and oxygen atoms in total. The Kier molecular flexibility index (Phi) is 5.35. The highest BCUT2D eigenvalue weighted by Crippen LogP contribution is 2.16. The number of methoxy groups -OCH3 is 1. The van der Waals surface area contributed by atoms with E-state index >= 15 is 0 Å². The van der Waals surface area contributed by atoms with E-state index in [0.717, 1.165) is 6.26 Å². The number of nitrogens with one attached hydrogen (secondary N) is 1. The highest BCUT2D eigenvalue weighted by atomic mass is 32.2. The van der Waals surface area contributed by atoms with Crippen LogP contribution in [0.3, 0.4) is 0 Å². The summed E-state index contributed by atoms with van der Waals surface area (Å²) in [4.78, 5) is 24.4. The molecule has 2 aromatic carbocycles. The van der Waals surface area contributed by atoms with Gasteiger partial charge in [-0.05, 0) is 29.8 Å². The third kappa shape index (κ3) is 4.20. The van der Waals surface area contributed by atoms with Crippen LogP contribution in [0.5, 0.6) is 0 Å². The van der Waals surface area contributed by atoms with Crippen LogP contribution in [0, 0.1) is 0 Å². The zero-order chi connectivity index (χ0) is 17.7. The molecular formula is C17H17NO5S. The zero-order valence-corrected chi connectivity index (χ0v) is 14.0. The molecular weight excluding hydrogens is 330 g/mol. The van der Waals surface area contributed by atoms with E-state index in [1.165, 1.54) is 31.4 Å². The molecule has 0 fully saturated rings. The Bertz CT molecular complexity index is 829. The smallest absolute Gasteiger partial charge is 0.333 e. The highest BCUT2D eigenvalue weighted by Gasteiger charge is 2.24. The standard InChI is InChI=1S/C17H17NO5S/c1-23-17(20)15(12-6-4-3-5-7-12)18-16(19)13-8-10-14(11-9-13)24(2,21)22/h3-11,15H,1-2H3,(H,18,19)/t15-/m1/s1. The third-order valence-electron chi connectivity index (χ3n) is 3.39. The third-order valence-corrected chi connectivity index (χ3v) is 4.52. The quantitative estimate of drug-likeness (QED) is 0.832. The molecule has 0 aliphatic rings. The average Bonchev–Trinajstić information content (AvgIpc) is 2.59. The number of benzene rings is 2. The summed E-state index contributed by atoms with van der Waals surface area (Å²) < 4.78 is 27.6. The summed E-state index contributed by atoms with van der Waals surface area (Å²) in [6.07, 6.45) is 1.09. The molecule has 126 valence electrons. The van der Waals surface area contributed by atoms with Gasteiger partial charge < -0.3 is 10.1 Å². The molecule has 1 atom stereocenters. The van der Waals surface area contributed by atoms with Crippen LogP contribution in [0.2, 0.25) is 0 Å². The molecule has 0 saturated heterocycles. The molecule has 1 N–H and O–H groups in total. The van der Waals surface area contributed by atoms with Crippen LogP contribution in [0.25, 0.3) is 0 Å². The average molecular weight is 347 g/mol. The maximum absolute atomic E-state index is 12.3. The van der Waals surface area contributed by atoms with Crippen LogP contribution < -0.4 is 5.32 Å². The number of esters is 1. The molecule has 1 amide bonds. The lowest BCUT2D eigenvalue weighted by Gasteiger charge is -2.17. The molecule has 0 aromatic heterocycles. The van der Waals surface area contributed by atoms with Crippen molar-refractivity contribution >= 4 is 21.7 Å². The van der Waals surface area contributed by atoms with Crippen LogP contribution in [0.15, 0.2) is 59.5 Å². The van der Waals surface area contributed by atoms with Crippen LogP contribution >= 0.6 is 0 Å². The first-order chi connectivity index (χ1) is 11.3. The number of ether oxygens (including phenoxy) is 1. The minimum atomic E-state index is -3.33. The number of rotatable bonds is 5. The van der Waals surface area contributed by atoms with Gasteiger partial charge in [-0.1, -0.05) is 30.3 Å². The van der Waals surface area contributed by atoms with Crippen molar-refractivity contribution in [2.24, 2.45) is 0 Å². The Morgan fingerprint density at radius 3 is 2.08 bits per heavy atom. The fraction of sp³-hybridized carbons (Fsp3) is 0.176. The molecule has 0 saturated carbocycles. The number of carbonyl (C=O) groups excluding carboxylic acids is 2. The molecule has 0 spiro atoms. The second-order valence-electron chi connectivity index (χ2n) is 5.14. The van der Waals surface area contributed by atoms with Crippen molar-refractivity contribution in [3.05, 3.63) is 65.7 Å². The Morgan fingerprint density at radius 2 is 1.58 bits per heavy atom. The molecule has 0 aliphatic heterocycles. The van der Waals surface area contributed by atoms with Crippen molar-refractivity contribution in [3.8, 4) is 0 Å². The normalized spacial score (nSPS) is 12.2. The van der Waals surface area contributed by atoms with Gasteiger partial charge in [-0.15, -0.1) is 0 Å². The first-order valence-electron chi connectivity index (χ1n) is 7.06. The van der Waals surface area contributed by atoms with Gasteiger partial charge in [-0.2, -0.15) is 0 Å². The van der Waals surface area contributed by atoms with E-state index in [1.54, 1.807) is 30.3 Å². The van der Waals surface area contributed by atoms with Gasteiger partial charge in [0.1, 0.15) is 0 Å². The van der Waals surface area contributed by atoms with Crippen LogP contribution in [0.1, 0.15) is 22.0 Å². The van der Waals surface area contributed by atoms with Gasteiger partial charge in [0, 0.05) is 11.8 Å². The van der Waals surface area contributed by atoms with Gasteiger partial charge >= 0.3 is 5.97 Å². The van der Waals surface area contributed by atoms with Gasteiger partial charge in [0.2, 0.25) is 0 Å². The minimum Gasteiger partial charge on any atom is -0.467 e. The molecule has 2 rings (SSSR count). The zero-order valence-electron chi connectivity index (χ0n) is 13.2. The topological polar surface area (TPSA) is 89.5 Å². The fourth-order valence-corrected chi connectivity index (χ4v) is 2.74.